The van der Waals surface area contributed by atoms with Crippen molar-refractivity contribution in [1.29, 1.82) is 0 Å². The van der Waals surface area contributed by atoms with Crippen molar-refractivity contribution in [2.24, 2.45) is 0 Å². The van der Waals surface area contributed by atoms with Crippen LogP contribution in [0.3, 0.4) is 0 Å². The second-order valence-corrected chi connectivity index (χ2v) is 5.28. The van der Waals surface area contributed by atoms with E-state index in [1.54, 1.807) is 6.20 Å². The molecule has 4 N–H and O–H groups in total. The van der Waals surface area contributed by atoms with E-state index in [0.717, 1.165) is 29.4 Å². The SMILES string of the molecule is Nc1ccc(NC2(CO)CCOCC2)c2ncccc12. The number of nitrogen functional groups attached to an aromatic ring is 1. The lowest BCUT2D eigenvalue weighted by atomic mass is 9.90. The third-order valence-electron chi connectivity index (χ3n) is 3.96. The summed E-state index contributed by atoms with van der Waals surface area (Å²) in [6.45, 7) is 1.40. The molecule has 5 nitrogen and oxygen atoms in total. The lowest BCUT2D eigenvalue weighted by Crippen LogP contribution is -2.47. The molecule has 3 rings (SSSR count). The van der Waals surface area contributed by atoms with Crippen LogP contribution in [0.4, 0.5) is 11.4 Å². The van der Waals surface area contributed by atoms with Crippen LogP contribution in [0.15, 0.2) is 30.5 Å². The molecule has 0 amide bonds. The number of anilines is 2. The Hall–Kier alpha value is -1.85. The van der Waals surface area contributed by atoms with Gasteiger partial charge in [0, 0.05) is 30.5 Å². The largest absolute Gasteiger partial charge is 0.398 e. The van der Waals surface area contributed by atoms with Gasteiger partial charge in [0.05, 0.1) is 23.3 Å². The van der Waals surface area contributed by atoms with Gasteiger partial charge in [0.2, 0.25) is 0 Å². The quantitative estimate of drug-likeness (QED) is 0.743. The Kier molecular flexibility index (Phi) is 3.46. The molecule has 1 fully saturated rings. The molecule has 1 aliphatic rings. The highest BCUT2D eigenvalue weighted by Crippen LogP contribution is 2.31. The molecule has 2 aromatic rings. The second-order valence-electron chi connectivity index (χ2n) is 5.28. The summed E-state index contributed by atoms with van der Waals surface area (Å²) in [6.07, 6.45) is 3.31. The molecule has 1 saturated heterocycles. The minimum absolute atomic E-state index is 0.0784. The van der Waals surface area contributed by atoms with Crippen LogP contribution in [0, 0.1) is 0 Å². The second kappa shape index (κ2) is 5.26. The zero-order valence-corrected chi connectivity index (χ0v) is 11.3. The lowest BCUT2D eigenvalue weighted by Gasteiger charge is -2.37. The fourth-order valence-electron chi connectivity index (χ4n) is 2.67. The molecule has 1 aliphatic heterocycles. The lowest BCUT2D eigenvalue weighted by molar-refractivity contribution is 0.0380. The molecule has 0 aliphatic carbocycles. The van der Waals surface area contributed by atoms with Crippen LogP contribution in [0.1, 0.15) is 12.8 Å². The Bertz CT molecular complexity index is 609. The van der Waals surface area contributed by atoms with Gasteiger partial charge < -0.3 is 20.9 Å². The van der Waals surface area contributed by atoms with Crippen molar-refractivity contribution in [3.63, 3.8) is 0 Å². The van der Waals surface area contributed by atoms with Crippen molar-refractivity contribution in [2.45, 2.75) is 18.4 Å². The molecule has 0 radical (unpaired) electrons. The Morgan fingerprint density at radius 1 is 1.30 bits per heavy atom. The molecule has 0 bridgehead atoms. The average molecular weight is 273 g/mol. The third kappa shape index (κ3) is 2.30. The number of ether oxygens (including phenoxy) is 1. The minimum Gasteiger partial charge on any atom is -0.398 e. The topological polar surface area (TPSA) is 80.4 Å². The summed E-state index contributed by atoms with van der Waals surface area (Å²) < 4.78 is 5.38. The van der Waals surface area contributed by atoms with E-state index < -0.39 is 0 Å². The predicted molar refractivity (Wildman–Crippen MR) is 79.6 cm³/mol. The number of nitrogens with one attached hydrogen (secondary N) is 1. The maximum absolute atomic E-state index is 9.77. The summed E-state index contributed by atoms with van der Waals surface area (Å²) in [5.41, 5.74) is 8.11. The van der Waals surface area contributed by atoms with Crippen molar-refractivity contribution >= 4 is 22.3 Å². The molecular weight excluding hydrogens is 254 g/mol. The van der Waals surface area contributed by atoms with E-state index in [0.29, 0.717) is 18.9 Å². The first-order chi connectivity index (χ1) is 9.74. The van der Waals surface area contributed by atoms with Gasteiger partial charge in [0.1, 0.15) is 0 Å². The number of pyridine rings is 1. The van der Waals surface area contributed by atoms with Gasteiger partial charge in [-0.05, 0) is 37.1 Å². The predicted octanol–water partition coefficient (Wildman–Crippen LogP) is 1.77. The van der Waals surface area contributed by atoms with Crippen LogP contribution in [-0.2, 0) is 4.74 Å². The number of aliphatic hydroxyl groups excluding tert-OH is 1. The summed E-state index contributed by atoms with van der Waals surface area (Å²) in [5, 5.41) is 14.2. The number of aromatic nitrogens is 1. The number of benzene rings is 1. The van der Waals surface area contributed by atoms with Gasteiger partial charge >= 0.3 is 0 Å². The average Bonchev–Trinajstić information content (AvgIpc) is 2.51. The number of nitrogens with zero attached hydrogens (tertiary/aromatic N) is 1. The van der Waals surface area contributed by atoms with Gasteiger partial charge in [-0.1, -0.05) is 0 Å². The van der Waals surface area contributed by atoms with Crippen LogP contribution < -0.4 is 11.1 Å². The van der Waals surface area contributed by atoms with Crippen molar-refractivity contribution in [3.05, 3.63) is 30.5 Å². The Balaban J connectivity index is 2.00. The van der Waals surface area contributed by atoms with Gasteiger partial charge in [0.15, 0.2) is 0 Å². The summed E-state index contributed by atoms with van der Waals surface area (Å²) in [7, 11) is 0. The van der Waals surface area contributed by atoms with Gasteiger partial charge in [-0.15, -0.1) is 0 Å². The van der Waals surface area contributed by atoms with Gasteiger partial charge in [-0.2, -0.15) is 0 Å². The van der Waals surface area contributed by atoms with Crippen LogP contribution >= 0.6 is 0 Å². The summed E-state index contributed by atoms with van der Waals surface area (Å²) in [6, 6.07) is 7.63. The van der Waals surface area contributed by atoms with E-state index in [-0.39, 0.29) is 12.1 Å². The monoisotopic (exact) mass is 273 g/mol. The van der Waals surface area contributed by atoms with E-state index in [9.17, 15) is 5.11 Å². The van der Waals surface area contributed by atoms with E-state index in [4.69, 9.17) is 10.5 Å². The van der Waals surface area contributed by atoms with Crippen LogP contribution in [-0.4, -0.2) is 35.5 Å². The molecule has 1 aromatic heterocycles. The molecule has 0 saturated carbocycles. The fraction of sp³-hybridized carbons (Fsp3) is 0.400. The molecule has 0 spiro atoms. The van der Waals surface area contributed by atoms with Gasteiger partial charge in [-0.25, -0.2) is 0 Å². The number of hydrogen-bond donors (Lipinski definition) is 3. The minimum atomic E-state index is -0.335. The van der Waals surface area contributed by atoms with Crippen molar-refractivity contribution in [1.82, 2.24) is 4.98 Å². The molecule has 5 heteroatoms. The number of nitrogens with two attached hydrogens (primary N) is 1. The van der Waals surface area contributed by atoms with Crippen molar-refractivity contribution < 1.29 is 9.84 Å². The number of fused-ring (bicyclic) bond motifs is 1. The van der Waals surface area contributed by atoms with Crippen LogP contribution in [0.25, 0.3) is 10.9 Å². The Labute approximate surface area is 117 Å². The summed E-state index contributed by atoms with van der Waals surface area (Å²) in [5.74, 6) is 0. The molecule has 2 heterocycles. The number of hydrogen-bond acceptors (Lipinski definition) is 5. The van der Waals surface area contributed by atoms with E-state index in [1.165, 1.54) is 0 Å². The molecule has 0 unspecified atom stereocenters. The van der Waals surface area contributed by atoms with Crippen molar-refractivity contribution in [2.75, 3.05) is 30.9 Å². The normalized spacial score (nSPS) is 18.1. The van der Waals surface area contributed by atoms with E-state index >= 15 is 0 Å². The fourth-order valence-corrected chi connectivity index (χ4v) is 2.67. The van der Waals surface area contributed by atoms with Gasteiger partial charge in [-0.3, -0.25) is 4.98 Å². The highest BCUT2D eigenvalue weighted by molar-refractivity contribution is 5.98. The highest BCUT2D eigenvalue weighted by Gasteiger charge is 2.32. The van der Waals surface area contributed by atoms with Crippen LogP contribution in [0.2, 0.25) is 0 Å². The first-order valence-corrected chi connectivity index (χ1v) is 6.84. The maximum atomic E-state index is 9.77. The van der Waals surface area contributed by atoms with Crippen LogP contribution in [0.5, 0.6) is 0 Å². The third-order valence-corrected chi connectivity index (χ3v) is 3.96. The smallest absolute Gasteiger partial charge is 0.0954 e. The number of rotatable bonds is 3. The van der Waals surface area contributed by atoms with Crippen molar-refractivity contribution in [3.8, 4) is 0 Å². The summed E-state index contributed by atoms with van der Waals surface area (Å²) in [4.78, 5) is 4.42. The zero-order valence-electron chi connectivity index (χ0n) is 11.3. The Morgan fingerprint density at radius 2 is 2.10 bits per heavy atom. The molecular formula is C15H19N3O2. The number of aliphatic hydroxyl groups is 1. The first-order valence-electron chi connectivity index (χ1n) is 6.84. The Morgan fingerprint density at radius 3 is 2.85 bits per heavy atom. The molecule has 106 valence electrons. The first kappa shape index (κ1) is 13.1. The zero-order chi connectivity index (χ0) is 14.0. The molecule has 1 aromatic carbocycles. The standard InChI is InChI=1S/C15H19N3O2/c16-12-3-4-13(14-11(12)2-1-7-17-14)18-15(10-19)5-8-20-9-6-15/h1-4,7,18-19H,5-6,8-10,16H2. The van der Waals surface area contributed by atoms with Gasteiger partial charge in [0.25, 0.3) is 0 Å². The molecule has 20 heavy (non-hydrogen) atoms. The molecule has 0 atom stereocenters. The van der Waals surface area contributed by atoms with E-state index in [2.05, 4.69) is 10.3 Å². The highest BCUT2D eigenvalue weighted by atomic mass is 16.5. The van der Waals surface area contributed by atoms with E-state index in [1.807, 2.05) is 24.3 Å². The maximum Gasteiger partial charge on any atom is 0.0954 e. The summed E-state index contributed by atoms with van der Waals surface area (Å²) >= 11 is 0.